The van der Waals surface area contributed by atoms with Gasteiger partial charge >= 0.3 is 5.97 Å². The van der Waals surface area contributed by atoms with Crippen molar-refractivity contribution in [3.05, 3.63) is 28.6 Å². The summed E-state index contributed by atoms with van der Waals surface area (Å²) in [4.78, 5) is 28.4. The fourth-order valence-corrected chi connectivity index (χ4v) is 2.87. The fourth-order valence-electron chi connectivity index (χ4n) is 2.67. The number of carbonyl (C=O) groups is 2. The highest BCUT2D eigenvalue weighted by molar-refractivity contribution is 7.71. The van der Waals surface area contributed by atoms with Gasteiger partial charge in [0.2, 0.25) is 0 Å². The van der Waals surface area contributed by atoms with Gasteiger partial charge in [0.15, 0.2) is 5.58 Å². The zero-order valence-electron chi connectivity index (χ0n) is 12.1. The molecule has 1 aliphatic heterocycles. The highest BCUT2D eigenvalue weighted by Crippen LogP contribution is 2.20. The lowest BCUT2D eigenvalue weighted by molar-refractivity contribution is -0.148. The molecule has 7 heteroatoms. The lowest BCUT2D eigenvalue weighted by atomic mass is 10.1. The van der Waals surface area contributed by atoms with Gasteiger partial charge in [-0.15, -0.1) is 0 Å². The Morgan fingerprint density at radius 3 is 2.77 bits per heavy atom. The van der Waals surface area contributed by atoms with Crippen molar-refractivity contribution in [2.24, 2.45) is 0 Å². The average molecular weight is 320 g/mol. The molecule has 0 radical (unpaired) electrons. The van der Waals surface area contributed by atoms with E-state index in [1.54, 1.807) is 23.1 Å². The predicted molar refractivity (Wildman–Crippen MR) is 82.1 cm³/mol. The minimum atomic E-state index is -0.274. The maximum atomic E-state index is 12.5. The fraction of sp³-hybridized carbons (Fsp3) is 0.400. The van der Waals surface area contributed by atoms with Gasteiger partial charge in [0, 0.05) is 38.4 Å². The average Bonchev–Trinajstić information content (AvgIpc) is 2.85. The molecule has 116 valence electrons. The molecular weight excluding hydrogens is 304 g/mol. The van der Waals surface area contributed by atoms with Crippen molar-refractivity contribution >= 4 is 35.2 Å². The Balaban J connectivity index is 1.70. The first-order valence-corrected chi connectivity index (χ1v) is 7.53. The number of oxazole rings is 1. The first kappa shape index (κ1) is 14.8. The predicted octanol–water partition coefficient (Wildman–Crippen LogP) is 2.66. The summed E-state index contributed by atoms with van der Waals surface area (Å²) in [7, 11) is 0. The Morgan fingerprint density at radius 1 is 1.36 bits per heavy atom. The number of fused-ring (bicyclic) bond motifs is 1. The van der Waals surface area contributed by atoms with E-state index in [1.165, 1.54) is 6.92 Å². The Hall–Kier alpha value is -2.15. The number of H-pyrrole nitrogens is 1. The summed E-state index contributed by atoms with van der Waals surface area (Å²) < 4.78 is 10.5. The first-order chi connectivity index (χ1) is 10.5. The van der Waals surface area contributed by atoms with Crippen LogP contribution in [0.4, 0.5) is 0 Å². The zero-order chi connectivity index (χ0) is 15.7. The molecule has 0 bridgehead atoms. The molecule has 0 atom stereocenters. The molecule has 2 heterocycles. The summed E-state index contributed by atoms with van der Waals surface area (Å²) in [6, 6.07) is 5.24. The Bertz CT molecular complexity index is 771. The van der Waals surface area contributed by atoms with Crippen molar-refractivity contribution < 1.29 is 18.7 Å². The van der Waals surface area contributed by atoms with Crippen LogP contribution in [0, 0.1) is 4.84 Å². The number of aromatic nitrogens is 1. The number of piperidine rings is 1. The second kappa shape index (κ2) is 5.92. The van der Waals surface area contributed by atoms with E-state index in [2.05, 4.69) is 4.98 Å². The number of nitrogens with one attached hydrogen (secondary N) is 1. The SMILES string of the molecule is CC(=O)OC1CCN(C(=O)c2ccc3[nH]c(=S)oc3c2)CC1. The molecular formula is C15H16N2O4S. The molecule has 1 saturated heterocycles. The second-order valence-electron chi connectivity index (χ2n) is 5.33. The number of likely N-dealkylation sites (tertiary alicyclic amines) is 1. The molecule has 0 aliphatic carbocycles. The van der Waals surface area contributed by atoms with Gasteiger partial charge < -0.3 is 19.0 Å². The summed E-state index contributed by atoms with van der Waals surface area (Å²) >= 11 is 4.94. The lowest BCUT2D eigenvalue weighted by Crippen LogP contribution is -2.41. The molecule has 1 fully saturated rings. The second-order valence-corrected chi connectivity index (χ2v) is 5.70. The van der Waals surface area contributed by atoms with Crippen molar-refractivity contribution in [1.82, 2.24) is 9.88 Å². The number of hydrogen-bond donors (Lipinski definition) is 1. The van der Waals surface area contributed by atoms with Gasteiger partial charge in [-0.1, -0.05) is 0 Å². The van der Waals surface area contributed by atoms with Crippen molar-refractivity contribution in [1.29, 1.82) is 0 Å². The van der Waals surface area contributed by atoms with E-state index >= 15 is 0 Å². The third kappa shape index (κ3) is 3.04. The minimum absolute atomic E-state index is 0.0505. The third-order valence-electron chi connectivity index (χ3n) is 3.73. The normalized spacial score (nSPS) is 16.0. The maximum absolute atomic E-state index is 12.5. The van der Waals surface area contributed by atoms with Crippen LogP contribution in [0.25, 0.3) is 11.1 Å². The molecule has 6 nitrogen and oxygen atoms in total. The van der Waals surface area contributed by atoms with Crippen molar-refractivity contribution in [2.75, 3.05) is 13.1 Å². The molecule has 1 aromatic carbocycles. The maximum Gasteiger partial charge on any atom is 0.302 e. The highest BCUT2D eigenvalue weighted by Gasteiger charge is 2.25. The van der Waals surface area contributed by atoms with Gasteiger partial charge in [-0.25, -0.2) is 0 Å². The van der Waals surface area contributed by atoms with E-state index in [0.717, 1.165) is 5.52 Å². The number of carbonyl (C=O) groups excluding carboxylic acids is 2. The van der Waals surface area contributed by atoms with E-state index in [9.17, 15) is 9.59 Å². The monoisotopic (exact) mass is 320 g/mol. The van der Waals surface area contributed by atoms with E-state index in [-0.39, 0.29) is 18.0 Å². The number of amides is 1. The number of esters is 1. The smallest absolute Gasteiger partial charge is 0.302 e. The number of ether oxygens (including phenoxy) is 1. The van der Waals surface area contributed by atoms with Gasteiger partial charge in [-0.2, -0.15) is 0 Å². The summed E-state index contributed by atoms with van der Waals surface area (Å²) in [6.45, 7) is 2.55. The molecule has 0 unspecified atom stereocenters. The van der Waals surface area contributed by atoms with Crippen LogP contribution in [0.15, 0.2) is 22.6 Å². The van der Waals surface area contributed by atoms with E-state index in [1.807, 2.05) is 0 Å². The van der Waals surface area contributed by atoms with Crippen LogP contribution in [0.1, 0.15) is 30.1 Å². The standard InChI is InChI=1S/C15H16N2O4S/c1-9(18)20-11-4-6-17(7-5-11)14(19)10-2-3-12-13(8-10)21-15(22)16-12/h2-3,8,11H,4-7H2,1H3,(H,16,22). The van der Waals surface area contributed by atoms with Crippen LogP contribution in [0.2, 0.25) is 0 Å². The van der Waals surface area contributed by atoms with Crippen LogP contribution in [0.5, 0.6) is 0 Å². The van der Waals surface area contributed by atoms with Crippen molar-refractivity contribution in [3.63, 3.8) is 0 Å². The van der Waals surface area contributed by atoms with Crippen LogP contribution in [0.3, 0.4) is 0 Å². The van der Waals surface area contributed by atoms with E-state index < -0.39 is 0 Å². The topological polar surface area (TPSA) is 75.5 Å². The third-order valence-corrected chi connectivity index (χ3v) is 3.92. The van der Waals surface area contributed by atoms with Crippen molar-refractivity contribution in [2.45, 2.75) is 25.9 Å². The van der Waals surface area contributed by atoms with Crippen LogP contribution >= 0.6 is 12.2 Å². The summed E-state index contributed by atoms with van der Waals surface area (Å²) in [5, 5.41) is 0. The van der Waals surface area contributed by atoms with E-state index in [0.29, 0.717) is 41.9 Å². The van der Waals surface area contributed by atoms with Gasteiger partial charge in [0.25, 0.3) is 10.7 Å². The Morgan fingerprint density at radius 2 is 2.09 bits per heavy atom. The van der Waals surface area contributed by atoms with Gasteiger partial charge in [0.05, 0.1) is 5.52 Å². The number of nitrogens with zero attached hydrogens (tertiary/aromatic N) is 1. The van der Waals surface area contributed by atoms with E-state index in [4.69, 9.17) is 21.4 Å². The molecule has 22 heavy (non-hydrogen) atoms. The van der Waals surface area contributed by atoms with Gasteiger partial charge in [-0.3, -0.25) is 9.59 Å². The first-order valence-electron chi connectivity index (χ1n) is 7.12. The Kier molecular flexibility index (Phi) is 3.98. The number of hydrogen-bond acceptors (Lipinski definition) is 5. The molecule has 0 spiro atoms. The zero-order valence-corrected chi connectivity index (χ0v) is 12.9. The number of rotatable bonds is 2. The lowest BCUT2D eigenvalue weighted by Gasteiger charge is -2.31. The summed E-state index contributed by atoms with van der Waals surface area (Å²) in [5.41, 5.74) is 1.91. The molecule has 1 aliphatic rings. The molecule has 0 saturated carbocycles. The molecule has 2 aromatic rings. The largest absolute Gasteiger partial charge is 0.462 e. The summed E-state index contributed by atoms with van der Waals surface area (Å²) in [5.74, 6) is -0.325. The highest BCUT2D eigenvalue weighted by atomic mass is 32.1. The van der Waals surface area contributed by atoms with Gasteiger partial charge in [0.1, 0.15) is 6.10 Å². The molecule has 1 aromatic heterocycles. The number of aromatic amines is 1. The van der Waals surface area contributed by atoms with Crippen molar-refractivity contribution in [3.8, 4) is 0 Å². The molecule has 1 N–H and O–H groups in total. The quantitative estimate of drug-likeness (QED) is 0.680. The van der Waals surface area contributed by atoms with Crippen LogP contribution in [-0.2, 0) is 9.53 Å². The molecule has 1 amide bonds. The summed E-state index contributed by atoms with van der Waals surface area (Å²) in [6.07, 6.45) is 1.24. The van der Waals surface area contributed by atoms with Gasteiger partial charge in [-0.05, 0) is 30.4 Å². The Labute approximate surface area is 132 Å². The molecule has 3 rings (SSSR count). The van der Waals surface area contributed by atoms with Crippen LogP contribution in [-0.4, -0.2) is 41.0 Å². The number of benzene rings is 1. The minimum Gasteiger partial charge on any atom is -0.462 e. The van der Waals surface area contributed by atoms with Crippen LogP contribution < -0.4 is 0 Å².